The van der Waals surface area contributed by atoms with Gasteiger partial charge < -0.3 is 14.6 Å². The Balaban J connectivity index is 1.36. The highest BCUT2D eigenvalue weighted by Crippen LogP contribution is 2.14. The van der Waals surface area contributed by atoms with Crippen molar-refractivity contribution in [2.75, 3.05) is 13.2 Å². The lowest BCUT2D eigenvalue weighted by Crippen LogP contribution is -2.28. The van der Waals surface area contributed by atoms with E-state index in [9.17, 15) is 9.18 Å². The summed E-state index contributed by atoms with van der Waals surface area (Å²) in [6.45, 7) is 0.643. The molecule has 0 fully saturated rings. The Kier molecular flexibility index (Phi) is 5.87. The van der Waals surface area contributed by atoms with Crippen LogP contribution < -0.4 is 10.1 Å². The minimum absolute atomic E-state index is 0.145. The highest BCUT2D eigenvalue weighted by molar-refractivity contribution is 5.76. The Hall–Kier alpha value is -3.29. The van der Waals surface area contributed by atoms with Crippen molar-refractivity contribution in [2.45, 2.75) is 12.8 Å². The summed E-state index contributed by atoms with van der Waals surface area (Å²) in [6, 6.07) is 9.32. The second kappa shape index (κ2) is 8.70. The predicted octanol–water partition coefficient (Wildman–Crippen LogP) is 2.40. The van der Waals surface area contributed by atoms with Crippen molar-refractivity contribution >= 4 is 5.91 Å². The number of pyridine rings is 1. The van der Waals surface area contributed by atoms with E-state index in [4.69, 9.17) is 9.26 Å². The second-order valence-electron chi connectivity index (χ2n) is 5.41. The van der Waals surface area contributed by atoms with Gasteiger partial charge in [-0.25, -0.2) is 4.39 Å². The molecule has 0 aliphatic carbocycles. The number of nitrogens with one attached hydrogen (secondary N) is 1. The summed E-state index contributed by atoms with van der Waals surface area (Å²) < 4.78 is 23.3. The van der Waals surface area contributed by atoms with Gasteiger partial charge >= 0.3 is 0 Å². The van der Waals surface area contributed by atoms with Crippen LogP contribution in [0.2, 0.25) is 0 Å². The van der Waals surface area contributed by atoms with Crippen molar-refractivity contribution in [1.29, 1.82) is 0 Å². The summed E-state index contributed by atoms with van der Waals surface area (Å²) >= 11 is 0. The van der Waals surface area contributed by atoms with Gasteiger partial charge in [0.15, 0.2) is 0 Å². The predicted molar refractivity (Wildman–Crippen MR) is 90.8 cm³/mol. The first-order valence-electron chi connectivity index (χ1n) is 8.09. The molecule has 134 valence electrons. The van der Waals surface area contributed by atoms with Crippen LogP contribution >= 0.6 is 0 Å². The topological polar surface area (TPSA) is 90.1 Å². The lowest BCUT2D eigenvalue weighted by Gasteiger charge is -2.07. The number of ether oxygens (including phenoxy) is 1. The monoisotopic (exact) mass is 356 g/mol. The van der Waals surface area contributed by atoms with Crippen molar-refractivity contribution in [3.05, 3.63) is 60.5 Å². The lowest BCUT2D eigenvalue weighted by molar-refractivity contribution is -0.121. The van der Waals surface area contributed by atoms with Crippen LogP contribution in [0.15, 0.2) is 53.3 Å². The van der Waals surface area contributed by atoms with Crippen LogP contribution in [-0.2, 0) is 11.2 Å². The van der Waals surface area contributed by atoms with E-state index in [1.807, 2.05) is 6.07 Å². The van der Waals surface area contributed by atoms with E-state index in [-0.39, 0.29) is 18.1 Å². The Labute approximate surface area is 149 Å². The summed E-state index contributed by atoms with van der Waals surface area (Å²) in [5.74, 6) is 0.921. The minimum atomic E-state index is -0.321. The molecule has 0 aliphatic rings. The molecule has 0 atom stereocenters. The molecule has 7 nitrogen and oxygen atoms in total. The maximum absolute atomic E-state index is 12.8. The van der Waals surface area contributed by atoms with Gasteiger partial charge in [-0.1, -0.05) is 5.16 Å². The molecule has 8 heteroatoms. The molecule has 3 aromatic rings. The molecule has 0 saturated heterocycles. The number of nitrogens with zero attached hydrogens (tertiary/aromatic N) is 3. The van der Waals surface area contributed by atoms with Crippen LogP contribution in [0.1, 0.15) is 12.3 Å². The Morgan fingerprint density at radius 1 is 1.23 bits per heavy atom. The molecule has 26 heavy (non-hydrogen) atoms. The Morgan fingerprint density at radius 3 is 2.85 bits per heavy atom. The van der Waals surface area contributed by atoms with Crippen molar-refractivity contribution in [3.63, 3.8) is 0 Å². The number of carbonyl (C=O) groups excluding carboxylic acids is 1. The highest BCUT2D eigenvalue weighted by Gasteiger charge is 2.10. The molecule has 0 aliphatic heterocycles. The van der Waals surface area contributed by atoms with Gasteiger partial charge in [-0.05, 0) is 36.4 Å². The quantitative estimate of drug-likeness (QED) is 0.623. The largest absolute Gasteiger partial charge is 0.492 e. The first-order chi connectivity index (χ1) is 12.7. The minimum Gasteiger partial charge on any atom is -0.492 e. The van der Waals surface area contributed by atoms with E-state index in [0.717, 1.165) is 5.56 Å². The van der Waals surface area contributed by atoms with E-state index in [1.54, 1.807) is 18.5 Å². The third kappa shape index (κ3) is 5.10. The SMILES string of the molecule is O=C(CCc1nc(-c2cccnc2)no1)NCCOc1ccc(F)cc1. The smallest absolute Gasteiger partial charge is 0.227 e. The first-order valence-corrected chi connectivity index (χ1v) is 8.09. The number of aryl methyl sites for hydroxylation is 1. The van der Waals surface area contributed by atoms with Gasteiger partial charge in [0.1, 0.15) is 18.2 Å². The molecular weight excluding hydrogens is 339 g/mol. The van der Waals surface area contributed by atoms with E-state index in [0.29, 0.717) is 37.0 Å². The van der Waals surface area contributed by atoms with Gasteiger partial charge in [-0.15, -0.1) is 0 Å². The number of carbonyl (C=O) groups is 1. The second-order valence-corrected chi connectivity index (χ2v) is 5.41. The van der Waals surface area contributed by atoms with Gasteiger partial charge in [0.25, 0.3) is 0 Å². The standard InChI is InChI=1S/C18H17FN4O3/c19-14-3-5-15(6-4-14)25-11-10-21-16(24)7-8-17-22-18(23-26-17)13-2-1-9-20-12-13/h1-6,9,12H,7-8,10-11H2,(H,21,24). The molecule has 3 rings (SSSR count). The molecule has 1 amide bonds. The number of hydrogen-bond donors (Lipinski definition) is 1. The molecule has 2 aromatic heterocycles. The van der Waals surface area contributed by atoms with E-state index < -0.39 is 0 Å². The molecule has 0 saturated carbocycles. The third-order valence-electron chi connectivity index (χ3n) is 3.46. The van der Waals surface area contributed by atoms with E-state index >= 15 is 0 Å². The summed E-state index contributed by atoms with van der Waals surface area (Å²) in [5, 5.41) is 6.61. The van der Waals surface area contributed by atoms with E-state index in [1.165, 1.54) is 24.3 Å². The molecule has 2 heterocycles. The van der Waals surface area contributed by atoms with Crippen LogP contribution in [0, 0.1) is 5.82 Å². The third-order valence-corrected chi connectivity index (χ3v) is 3.46. The Morgan fingerprint density at radius 2 is 2.08 bits per heavy atom. The van der Waals surface area contributed by atoms with Crippen LogP contribution in [0.4, 0.5) is 4.39 Å². The molecule has 1 N–H and O–H groups in total. The number of aromatic nitrogens is 3. The number of rotatable bonds is 8. The summed E-state index contributed by atoms with van der Waals surface area (Å²) in [6.07, 6.45) is 3.88. The van der Waals surface area contributed by atoms with Gasteiger partial charge in [0.05, 0.1) is 6.54 Å². The van der Waals surface area contributed by atoms with Crippen molar-refractivity contribution in [3.8, 4) is 17.1 Å². The van der Waals surface area contributed by atoms with Crippen molar-refractivity contribution in [2.24, 2.45) is 0 Å². The fraction of sp³-hybridized carbons (Fsp3) is 0.222. The number of benzene rings is 1. The van der Waals surface area contributed by atoms with Gasteiger partial charge in [0, 0.05) is 30.8 Å². The zero-order valence-corrected chi connectivity index (χ0v) is 13.9. The van der Waals surface area contributed by atoms with Crippen molar-refractivity contribution in [1.82, 2.24) is 20.4 Å². The Bertz CT molecular complexity index is 837. The van der Waals surface area contributed by atoms with Crippen LogP contribution in [0.3, 0.4) is 0 Å². The highest BCUT2D eigenvalue weighted by atomic mass is 19.1. The normalized spacial score (nSPS) is 10.5. The molecule has 1 aromatic carbocycles. The summed E-state index contributed by atoms with van der Waals surface area (Å²) in [4.78, 5) is 20.1. The number of halogens is 1. The average Bonchev–Trinajstić information content (AvgIpc) is 3.15. The number of hydrogen-bond acceptors (Lipinski definition) is 6. The average molecular weight is 356 g/mol. The van der Waals surface area contributed by atoms with Crippen LogP contribution in [0.5, 0.6) is 5.75 Å². The maximum Gasteiger partial charge on any atom is 0.227 e. The van der Waals surface area contributed by atoms with E-state index in [2.05, 4.69) is 20.4 Å². The van der Waals surface area contributed by atoms with Crippen molar-refractivity contribution < 1.29 is 18.4 Å². The fourth-order valence-electron chi connectivity index (χ4n) is 2.17. The summed E-state index contributed by atoms with van der Waals surface area (Å²) in [5.41, 5.74) is 0.755. The molecule has 0 radical (unpaired) electrons. The van der Waals surface area contributed by atoms with Gasteiger partial charge in [-0.2, -0.15) is 4.98 Å². The van der Waals surface area contributed by atoms with Gasteiger partial charge in [-0.3, -0.25) is 9.78 Å². The maximum atomic E-state index is 12.8. The zero-order chi connectivity index (χ0) is 18.2. The van der Waals surface area contributed by atoms with Gasteiger partial charge in [0.2, 0.25) is 17.6 Å². The summed E-state index contributed by atoms with van der Waals surface area (Å²) in [7, 11) is 0. The lowest BCUT2D eigenvalue weighted by atomic mass is 10.2. The zero-order valence-electron chi connectivity index (χ0n) is 13.9. The molecule has 0 bridgehead atoms. The van der Waals surface area contributed by atoms with Crippen LogP contribution in [0.25, 0.3) is 11.4 Å². The first kappa shape index (κ1) is 17.5. The molecule has 0 unspecified atom stereocenters. The molecule has 0 spiro atoms. The molecular formula is C18H17FN4O3. The van der Waals surface area contributed by atoms with Crippen LogP contribution in [-0.4, -0.2) is 34.2 Å². The number of amides is 1. The fourth-order valence-corrected chi connectivity index (χ4v) is 2.17.